The van der Waals surface area contributed by atoms with E-state index in [4.69, 9.17) is 4.42 Å². The van der Waals surface area contributed by atoms with Crippen LogP contribution in [0.4, 0.5) is 17.1 Å². The summed E-state index contributed by atoms with van der Waals surface area (Å²) in [5.74, 6) is 0.756. The first-order valence-corrected chi connectivity index (χ1v) is 5.82. The predicted octanol–water partition coefficient (Wildman–Crippen LogP) is 2.87. The molecule has 2 rings (SSSR count). The first-order valence-electron chi connectivity index (χ1n) is 5.82. The molecule has 1 N–H and O–H groups in total. The van der Waals surface area contributed by atoms with E-state index in [-0.39, 0.29) is 10.6 Å². The zero-order valence-electron chi connectivity index (χ0n) is 10.8. The van der Waals surface area contributed by atoms with Gasteiger partial charge in [0.05, 0.1) is 17.7 Å². The van der Waals surface area contributed by atoms with E-state index in [1.165, 1.54) is 0 Å². The average molecular weight is 261 g/mol. The molecule has 1 aromatic carbocycles. The number of anilines is 2. The smallest absolute Gasteiger partial charge is 0.315 e. The molecule has 1 aromatic heterocycles. The summed E-state index contributed by atoms with van der Waals surface area (Å²) in [7, 11) is 3.46. The van der Waals surface area contributed by atoms with E-state index in [1.54, 1.807) is 49.5 Å². The first-order chi connectivity index (χ1) is 9.13. The fourth-order valence-corrected chi connectivity index (χ4v) is 1.95. The molecule has 0 radical (unpaired) electrons. The zero-order valence-corrected chi connectivity index (χ0v) is 10.8. The van der Waals surface area contributed by atoms with Crippen molar-refractivity contribution in [3.63, 3.8) is 0 Å². The van der Waals surface area contributed by atoms with Crippen LogP contribution in [0.25, 0.3) is 0 Å². The molecule has 0 atom stereocenters. The van der Waals surface area contributed by atoms with E-state index in [1.807, 2.05) is 6.07 Å². The van der Waals surface area contributed by atoms with Gasteiger partial charge in [0.2, 0.25) is 0 Å². The number of hydrogen-bond acceptors (Lipinski definition) is 5. The molecule has 0 fully saturated rings. The third kappa shape index (κ3) is 2.67. The second kappa shape index (κ2) is 5.43. The Balaban J connectivity index is 2.35. The van der Waals surface area contributed by atoms with E-state index >= 15 is 0 Å². The number of benzene rings is 1. The molecular formula is C13H15N3O3. The second-order valence-electron chi connectivity index (χ2n) is 4.12. The highest BCUT2D eigenvalue weighted by Gasteiger charge is 2.21. The maximum absolute atomic E-state index is 11.2. The average Bonchev–Trinajstić information content (AvgIpc) is 2.90. The zero-order chi connectivity index (χ0) is 13.8. The van der Waals surface area contributed by atoms with Crippen LogP contribution >= 0.6 is 0 Å². The fourth-order valence-electron chi connectivity index (χ4n) is 1.95. The van der Waals surface area contributed by atoms with Crippen molar-refractivity contribution in [2.75, 3.05) is 24.3 Å². The van der Waals surface area contributed by atoms with Crippen LogP contribution in [0.2, 0.25) is 0 Å². The van der Waals surface area contributed by atoms with Crippen LogP contribution in [0.5, 0.6) is 0 Å². The molecule has 6 heteroatoms. The van der Waals surface area contributed by atoms with Crippen molar-refractivity contribution >= 4 is 17.1 Å². The Morgan fingerprint density at radius 3 is 2.74 bits per heavy atom. The van der Waals surface area contributed by atoms with Crippen molar-refractivity contribution < 1.29 is 9.34 Å². The summed E-state index contributed by atoms with van der Waals surface area (Å²) >= 11 is 0. The van der Waals surface area contributed by atoms with Gasteiger partial charge in [-0.25, -0.2) is 0 Å². The Hall–Kier alpha value is -2.50. The van der Waals surface area contributed by atoms with E-state index in [0.29, 0.717) is 17.9 Å². The van der Waals surface area contributed by atoms with E-state index in [0.717, 1.165) is 5.76 Å². The number of para-hydroxylation sites is 1. The molecule has 0 amide bonds. The molecule has 0 aliphatic heterocycles. The van der Waals surface area contributed by atoms with Gasteiger partial charge in [-0.3, -0.25) is 10.1 Å². The van der Waals surface area contributed by atoms with E-state index in [9.17, 15) is 10.1 Å². The summed E-state index contributed by atoms with van der Waals surface area (Å²) in [6, 6.07) is 8.82. The maximum atomic E-state index is 11.2. The van der Waals surface area contributed by atoms with Crippen LogP contribution < -0.4 is 10.2 Å². The normalized spacial score (nSPS) is 10.2. The van der Waals surface area contributed by atoms with Crippen molar-refractivity contribution in [1.82, 2.24) is 0 Å². The minimum atomic E-state index is -0.375. The second-order valence-corrected chi connectivity index (χ2v) is 4.12. The Morgan fingerprint density at radius 1 is 1.37 bits per heavy atom. The number of nitro benzene ring substituents is 1. The van der Waals surface area contributed by atoms with Crippen molar-refractivity contribution in [3.05, 3.63) is 52.5 Å². The molecule has 1 heterocycles. The first kappa shape index (κ1) is 12.9. The minimum absolute atomic E-state index is 0.0686. The highest BCUT2D eigenvalue weighted by atomic mass is 16.6. The number of nitro groups is 1. The van der Waals surface area contributed by atoms with Crippen LogP contribution in [0.15, 0.2) is 41.0 Å². The Bertz CT molecular complexity index is 567. The lowest BCUT2D eigenvalue weighted by Gasteiger charge is -2.18. The van der Waals surface area contributed by atoms with E-state index < -0.39 is 0 Å². The van der Waals surface area contributed by atoms with Crippen LogP contribution in [0.3, 0.4) is 0 Å². The monoisotopic (exact) mass is 261 g/mol. The maximum Gasteiger partial charge on any atom is 0.315 e. The van der Waals surface area contributed by atoms with Crippen molar-refractivity contribution in [2.45, 2.75) is 6.54 Å². The van der Waals surface area contributed by atoms with Crippen LogP contribution in [-0.4, -0.2) is 19.0 Å². The van der Waals surface area contributed by atoms with Crippen LogP contribution in [0.1, 0.15) is 5.76 Å². The van der Waals surface area contributed by atoms with Gasteiger partial charge in [0, 0.05) is 14.1 Å². The predicted molar refractivity (Wildman–Crippen MR) is 73.5 cm³/mol. The van der Waals surface area contributed by atoms with Gasteiger partial charge in [0.1, 0.15) is 17.1 Å². The molecule has 0 bridgehead atoms. The number of hydrogen-bond donors (Lipinski definition) is 1. The van der Waals surface area contributed by atoms with Gasteiger partial charge < -0.3 is 14.6 Å². The molecule has 0 aliphatic carbocycles. The number of rotatable bonds is 5. The topological polar surface area (TPSA) is 71.5 Å². The van der Waals surface area contributed by atoms with Gasteiger partial charge in [-0.2, -0.15) is 0 Å². The molecule has 0 unspecified atom stereocenters. The van der Waals surface area contributed by atoms with Gasteiger partial charge in [0.15, 0.2) is 0 Å². The molecule has 6 nitrogen and oxygen atoms in total. The fraction of sp³-hybridized carbons (Fsp3) is 0.231. The molecule has 19 heavy (non-hydrogen) atoms. The van der Waals surface area contributed by atoms with Gasteiger partial charge in [-0.1, -0.05) is 6.07 Å². The summed E-state index contributed by atoms with van der Waals surface area (Å²) in [5.41, 5.74) is 1.11. The Morgan fingerprint density at radius 2 is 2.16 bits per heavy atom. The van der Waals surface area contributed by atoms with Crippen LogP contribution in [-0.2, 0) is 6.54 Å². The Labute approximate surface area is 110 Å². The van der Waals surface area contributed by atoms with Gasteiger partial charge in [-0.15, -0.1) is 0 Å². The van der Waals surface area contributed by atoms with Crippen molar-refractivity contribution in [3.8, 4) is 0 Å². The van der Waals surface area contributed by atoms with Gasteiger partial charge in [0.25, 0.3) is 0 Å². The lowest BCUT2D eigenvalue weighted by molar-refractivity contribution is -0.383. The number of nitrogens with zero attached hydrogens (tertiary/aromatic N) is 2. The number of nitrogens with one attached hydrogen (secondary N) is 1. The standard InChI is InChI=1S/C13H15N3O3/c1-14-11-6-3-7-12(13(11)16(17)18)15(2)9-10-5-4-8-19-10/h3-8,14H,9H2,1-2H3. The van der Waals surface area contributed by atoms with Crippen molar-refractivity contribution in [2.24, 2.45) is 0 Å². The molecular weight excluding hydrogens is 246 g/mol. The van der Waals surface area contributed by atoms with Crippen LogP contribution in [0, 0.1) is 10.1 Å². The summed E-state index contributed by atoms with van der Waals surface area (Å²) in [6.45, 7) is 0.473. The Kier molecular flexibility index (Phi) is 3.70. The summed E-state index contributed by atoms with van der Waals surface area (Å²) in [4.78, 5) is 12.6. The largest absolute Gasteiger partial charge is 0.467 e. The molecule has 100 valence electrons. The summed E-state index contributed by atoms with van der Waals surface area (Å²) < 4.78 is 5.26. The quantitative estimate of drug-likeness (QED) is 0.662. The molecule has 0 spiro atoms. The minimum Gasteiger partial charge on any atom is -0.467 e. The molecule has 0 saturated heterocycles. The lowest BCUT2D eigenvalue weighted by atomic mass is 10.2. The third-order valence-electron chi connectivity index (χ3n) is 2.85. The van der Waals surface area contributed by atoms with Gasteiger partial charge >= 0.3 is 5.69 Å². The highest BCUT2D eigenvalue weighted by Crippen LogP contribution is 2.35. The molecule has 2 aromatic rings. The lowest BCUT2D eigenvalue weighted by Crippen LogP contribution is -2.17. The van der Waals surface area contributed by atoms with Gasteiger partial charge in [-0.05, 0) is 24.3 Å². The summed E-state index contributed by atoms with van der Waals surface area (Å²) in [5, 5.41) is 14.1. The van der Waals surface area contributed by atoms with E-state index in [2.05, 4.69) is 5.32 Å². The molecule has 0 saturated carbocycles. The van der Waals surface area contributed by atoms with Crippen molar-refractivity contribution in [1.29, 1.82) is 0 Å². The third-order valence-corrected chi connectivity index (χ3v) is 2.85. The highest BCUT2D eigenvalue weighted by molar-refractivity contribution is 5.76. The number of furan rings is 1. The summed E-state index contributed by atoms with van der Waals surface area (Å²) in [6.07, 6.45) is 1.58. The molecule has 0 aliphatic rings. The SMILES string of the molecule is CNc1cccc(N(C)Cc2ccco2)c1[N+](=O)[O-].